The topological polar surface area (TPSA) is 29.3 Å². The predicted molar refractivity (Wildman–Crippen MR) is 75.3 cm³/mol. The molecule has 18 heavy (non-hydrogen) atoms. The molecule has 1 aromatic carbocycles. The third-order valence-corrected chi connectivity index (χ3v) is 4.63. The van der Waals surface area contributed by atoms with Gasteiger partial charge in [-0.3, -0.25) is 4.90 Å². The minimum absolute atomic E-state index is 0.114. The van der Waals surface area contributed by atoms with E-state index in [0.717, 1.165) is 30.3 Å². The van der Waals surface area contributed by atoms with Gasteiger partial charge in [0.25, 0.3) is 0 Å². The molecule has 2 rings (SSSR count). The standard InChI is InChI=1S/C14H21FN2S/c1-11-8-12(9-16)10-17(11)6-7-18-14-5-3-2-4-13(14)15/h2-5,11-12H,6-10,16H2,1H3. The molecule has 1 saturated heterocycles. The van der Waals surface area contributed by atoms with E-state index in [4.69, 9.17) is 5.73 Å². The molecular weight excluding hydrogens is 247 g/mol. The van der Waals surface area contributed by atoms with Gasteiger partial charge < -0.3 is 5.73 Å². The van der Waals surface area contributed by atoms with Crippen LogP contribution in [0.5, 0.6) is 0 Å². The fraction of sp³-hybridized carbons (Fsp3) is 0.571. The summed E-state index contributed by atoms with van der Waals surface area (Å²) in [5.41, 5.74) is 5.72. The van der Waals surface area contributed by atoms with Crippen LogP contribution in [0.4, 0.5) is 4.39 Å². The zero-order chi connectivity index (χ0) is 13.0. The van der Waals surface area contributed by atoms with Crippen molar-refractivity contribution in [2.45, 2.75) is 24.3 Å². The summed E-state index contributed by atoms with van der Waals surface area (Å²) in [6.45, 7) is 5.14. The molecule has 2 N–H and O–H groups in total. The van der Waals surface area contributed by atoms with Crippen LogP contribution in [0.25, 0.3) is 0 Å². The largest absolute Gasteiger partial charge is 0.330 e. The predicted octanol–water partition coefficient (Wildman–Crippen LogP) is 2.59. The summed E-state index contributed by atoms with van der Waals surface area (Å²) in [4.78, 5) is 3.21. The van der Waals surface area contributed by atoms with E-state index < -0.39 is 0 Å². The summed E-state index contributed by atoms with van der Waals surface area (Å²) in [5, 5.41) is 0. The molecule has 4 heteroatoms. The average Bonchev–Trinajstić information content (AvgIpc) is 2.73. The van der Waals surface area contributed by atoms with Gasteiger partial charge in [-0.15, -0.1) is 11.8 Å². The van der Waals surface area contributed by atoms with Gasteiger partial charge >= 0.3 is 0 Å². The van der Waals surface area contributed by atoms with Crippen molar-refractivity contribution in [1.29, 1.82) is 0 Å². The van der Waals surface area contributed by atoms with Crippen molar-refractivity contribution < 1.29 is 4.39 Å². The van der Waals surface area contributed by atoms with E-state index in [9.17, 15) is 4.39 Å². The van der Waals surface area contributed by atoms with Crippen LogP contribution in [-0.4, -0.2) is 36.3 Å². The summed E-state index contributed by atoms with van der Waals surface area (Å²) in [6.07, 6.45) is 1.20. The summed E-state index contributed by atoms with van der Waals surface area (Å²) in [7, 11) is 0. The summed E-state index contributed by atoms with van der Waals surface area (Å²) in [6, 6.07) is 7.59. The van der Waals surface area contributed by atoms with Gasteiger partial charge in [0.1, 0.15) is 5.82 Å². The molecule has 1 fully saturated rings. The molecule has 1 heterocycles. The van der Waals surface area contributed by atoms with Gasteiger partial charge in [-0.2, -0.15) is 0 Å². The molecule has 0 spiro atoms. The molecule has 0 aromatic heterocycles. The second-order valence-corrected chi connectivity index (χ2v) is 6.10. The summed E-state index contributed by atoms with van der Waals surface area (Å²) < 4.78 is 13.4. The maximum atomic E-state index is 13.4. The molecule has 2 atom stereocenters. The highest BCUT2D eigenvalue weighted by Gasteiger charge is 2.27. The highest BCUT2D eigenvalue weighted by atomic mass is 32.2. The Morgan fingerprint density at radius 2 is 2.22 bits per heavy atom. The van der Waals surface area contributed by atoms with Gasteiger partial charge in [0.2, 0.25) is 0 Å². The number of nitrogens with two attached hydrogens (primary N) is 1. The van der Waals surface area contributed by atoms with Crippen LogP contribution < -0.4 is 5.73 Å². The minimum Gasteiger partial charge on any atom is -0.330 e. The smallest absolute Gasteiger partial charge is 0.136 e. The quantitative estimate of drug-likeness (QED) is 0.832. The lowest BCUT2D eigenvalue weighted by Crippen LogP contribution is -2.30. The normalized spacial score (nSPS) is 24.6. The molecule has 100 valence electrons. The number of halogens is 1. The molecule has 1 aliphatic rings. The van der Waals surface area contributed by atoms with Gasteiger partial charge in [0.05, 0.1) is 0 Å². The van der Waals surface area contributed by atoms with E-state index in [1.54, 1.807) is 17.8 Å². The third-order valence-electron chi connectivity index (χ3n) is 3.60. The molecule has 0 saturated carbocycles. The van der Waals surface area contributed by atoms with Gasteiger partial charge in [-0.1, -0.05) is 12.1 Å². The number of likely N-dealkylation sites (tertiary alicyclic amines) is 1. The fourth-order valence-electron chi connectivity index (χ4n) is 2.53. The molecular formula is C14H21FN2S. The van der Waals surface area contributed by atoms with Crippen LogP contribution in [-0.2, 0) is 0 Å². The van der Waals surface area contributed by atoms with Crippen LogP contribution in [0.2, 0.25) is 0 Å². The second kappa shape index (κ2) is 6.55. The zero-order valence-corrected chi connectivity index (χ0v) is 11.6. The lowest BCUT2D eigenvalue weighted by Gasteiger charge is -2.20. The van der Waals surface area contributed by atoms with Crippen LogP contribution >= 0.6 is 11.8 Å². The lowest BCUT2D eigenvalue weighted by molar-refractivity contribution is 0.281. The number of nitrogens with zero attached hydrogens (tertiary/aromatic N) is 1. The van der Waals surface area contributed by atoms with Crippen LogP contribution in [0.3, 0.4) is 0 Å². The Labute approximate surface area is 113 Å². The highest BCUT2D eigenvalue weighted by molar-refractivity contribution is 7.99. The highest BCUT2D eigenvalue weighted by Crippen LogP contribution is 2.25. The van der Waals surface area contributed by atoms with E-state index >= 15 is 0 Å². The molecule has 1 aromatic rings. The van der Waals surface area contributed by atoms with Crippen molar-refractivity contribution in [2.75, 3.05) is 25.4 Å². The first-order valence-corrected chi connectivity index (χ1v) is 7.50. The van der Waals surface area contributed by atoms with Crippen LogP contribution in [0, 0.1) is 11.7 Å². The molecule has 0 bridgehead atoms. The van der Waals surface area contributed by atoms with E-state index in [-0.39, 0.29) is 5.82 Å². The van der Waals surface area contributed by atoms with Crippen molar-refractivity contribution in [2.24, 2.45) is 11.7 Å². The molecule has 0 radical (unpaired) electrons. The Morgan fingerprint density at radius 3 is 2.89 bits per heavy atom. The SMILES string of the molecule is CC1CC(CN)CN1CCSc1ccccc1F. The first-order valence-electron chi connectivity index (χ1n) is 6.52. The third kappa shape index (κ3) is 3.46. The Bertz CT molecular complexity index is 386. The van der Waals surface area contributed by atoms with Crippen molar-refractivity contribution in [3.8, 4) is 0 Å². The van der Waals surface area contributed by atoms with E-state index in [2.05, 4.69) is 11.8 Å². The van der Waals surface area contributed by atoms with Crippen molar-refractivity contribution >= 4 is 11.8 Å². The monoisotopic (exact) mass is 268 g/mol. The maximum absolute atomic E-state index is 13.4. The minimum atomic E-state index is -0.114. The van der Waals surface area contributed by atoms with Gasteiger partial charge in [0, 0.05) is 29.8 Å². The van der Waals surface area contributed by atoms with Crippen LogP contribution in [0.15, 0.2) is 29.2 Å². The Hall–Kier alpha value is -0.580. The molecule has 0 aliphatic carbocycles. The molecule has 1 aliphatic heterocycles. The number of rotatable bonds is 5. The van der Waals surface area contributed by atoms with Gasteiger partial charge in [-0.25, -0.2) is 4.39 Å². The number of benzene rings is 1. The summed E-state index contributed by atoms with van der Waals surface area (Å²) >= 11 is 1.60. The van der Waals surface area contributed by atoms with E-state index in [0.29, 0.717) is 12.0 Å². The van der Waals surface area contributed by atoms with Gasteiger partial charge in [0.15, 0.2) is 0 Å². The maximum Gasteiger partial charge on any atom is 0.136 e. The van der Waals surface area contributed by atoms with E-state index in [1.165, 1.54) is 12.5 Å². The second-order valence-electron chi connectivity index (χ2n) is 4.96. The van der Waals surface area contributed by atoms with E-state index in [1.807, 2.05) is 12.1 Å². The first kappa shape index (κ1) is 13.8. The Kier molecular flexibility index (Phi) is 5.03. The Balaban J connectivity index is 1.77. The lowest BCUT2D eigenvalue weighted by atomic mass is 10.1. The fourth-order valence-corrected chi connectivity index (χ4v) is 3.46. The van der Waals surface area contributed by atoms with Crippen molar-refractivity contribution in [3.05, 3.63) is 30.1 Å². The average molecular weight is 268 g/mol. The summed E-state index contributed by atoms with van der Waals surface area (Å²) in [5.74, 6) is 1.46. The van der Waals surface area contributed by atoms with Gasteiger partial charge in [-0.05, 0) is 37.9 Å². The molecule has 0 amide bonds. The number of hydrogen-bond acceptors (Lipinski definition) is 3. The zero-order valence-electron chi connectivity index (χ0n) is 10.8. The van der Waals surface area contributed by atoms with Crippen molar-refractivity contribution in [1.82, 2.24) is 4.90 Å². The first-order chi connectivity index (χ1) is 8.70. The van der Waals surface area contributed by atoms with Crippen molar-refractivity contribution in [3.63, 3.8) is 0 Å². The number of hydrogen-bond donors (Lipinski definition) is 1. The molecule has 2 nitrogen and oxygen atoms in total. The Morgan fingerprint density at radius 1 is 1.44 bits per heavy atom. The van der Waals surface area contributed by atoms with Crippen LogP contribution in [0.1, 0.15) is 13.3 Å². The molecule has 2 unspecified atom stereocenters. The number of thioether (sulfide) groups is 1.